The molecule has 0 atom stereocenters. The van der Waals surface area contributed by atoms with Crippen LogP contribution in [0.15, 0.2) is 59.9 Å². The lowest BCUT2D eigenvalue weighted by Crippen LogP contribution is -2.37. The van der Waals surface area contributed by atoms with E-state index in [1.54, 1.807) is 20.4 Å². The van der Waals surface area contributed by atoms with Crippen LogP contribution in [0.2, 0.25) is 0 Å². The van der Waals surface area contributed by atoms with Crippen LogP contribution < -0.4 is 15.4 Å². The molecular weight excluding hydrogens is 326 g/mol. The van der Waals surface area contributed by atoms with Crippen molar-refractivity contribution < 1.29 is 4.74 Å². The van der Waals surface area contributed by atoms with Gasteiger partial charge in [-0.3, -0.25) is 4.99 Å². The molecule has 0 saturated carbocycles. The highest BCUT2D eigenvalue weighted by molar-refractivity contribution is 5.80. The van der Waals surface area contributed by atoms with Gasteiger partial charge < -0.3 is 19.9 Å². The van der Waals surface area contributed by atoms with Crippen molar-refractivity contribution in [2.24, 2.45) is 4.99 Å². The molecule has 1 aromatic carbocycles. The Morgan fingerprint density at radius 2 is 2.04 bits per heavy atom. The zero-order valence-corrected chi connectivity index (χ0v) is 15.3. The number of aryl methyl sites for hydroxylation is 1. The number of methoxy groups -OCH3 is 1. The van der Waals surface area contributed by atoms with Crippen molar-refractivity contribution in [1.29, 1.82) is 0 Å². The molecule has 0 amide bonds. The van der Waals surface area contributed by atoms with Crippen LogP contribution in [-0.2, 0) is 13.1 Å². The summed E-state index contributed by atoms with van der Waals surface area (Å²) < 4.78 is 7.56. The highest BCUT2D eigenvalue weighted by Gasteiger charge is 2.05. The zero-order chi connectivity index (χ0) is 18.2. The lowest BCUT2D eigenvalue weighted by atomic mass is 10.2. The lowest BCUT2D eigenvalue weighted by Gasteiger charge is -2.13. The molecule has 3 rings (SSSR count). The quantitative estimate of drug-likeness (QED) is 0.390. The number of nitrogens with zero attached hydrogens (tertiary/aromatic N) is 3. The number of hydrogen-bond acceptors (Lipinski definition) is 3. The van der Waals surface area contributed by atoms with Crippen LogP contribution in [0.5, 0.6) is 5.88 Å². The molecule has 2 N–H and O–H groups in total. The maximum Gasteiger partial charge on any atom is 0.218 e. The van der Waals surface area contributed by atoms with Crippen LogP contribution >= 0.6 is 0 Å². The first-order chi connectivity index (χ1) is 12.8. The standard InChI is InChI=1S/C20H25N5O/c1-21-20(24-15-17-8-5-11-22-19(17)26-2)23-12-6-13-25-14-10-16-7-3-4-9-18(16)25/h3-5,7-11,14H,6,12-13,15H2,1-2H3,(H2,21,23,24). The fourth-order valence-corrected chi connectivity index (χ4v) is 2.93. The van der Waals surface area contributed by atoms with Gasteiger partial charge in [-0.2, -0.15) is 0 Å². The number of benzene rings is 1. The second-order valence-electron chi connectivity index (χ2n) is 5.95. The third-order valence-electron chi connectivity index (χ3n) is 4.26. The third-order valence-corrected chi connectivity index (χ3v) is 4.26. The van der Waals surface area contributed by atoms with Crippen molar-refractivity contribution >= 4 is 16.9 Å². The third kappa shape index (κ3) is 4.33. The number of hydrogen-bond donors (Lipinski definition) is 2. The molecule has 0 spiro atoms. The first-order valence-electron chi connectivity index (χ1n) is 8.78. The second-order valence-corrected chi connectivity index (χ2v) is 5.95. The van der Waals surface area contributed by atoms with Crippen molar-refractivity contribution in [2.75, 3.05) is 20.7 Å². The Kier molecular flexibility index (Phi) is 6.09. The van der Waals surface area contributed by atoms with E-state index in [-0.39, 0.29) is 0 Å². The van der Waals surface area contributed by atoms with Crippen molar-refractivity contribution in [2.45, 2.75) is 19.5 Å². The first kappa shape index (κ1) is 17.8. The van der Waals surface area contributed by atoms with E-state index in [9.17, 15) is 0 Å². The van der Waals surface area contributed by atoms with Gasteiger partial charge in [-0.15, -0.1) is 0 Å². The van der Waals surface area contributed by atoms with E-state index in [0.29, 0.717) is 12.4 Å². The summed E-state index contributed by atoms with van der Waals surface area (Å²) >= 11 is 0. The fourth-order valence-electron chi connectivity index (χ4n) is 2.93. The number of ether oxygens (including phenoxy) is 1. The van der Waals surface area contributed by atoms with Crippen LogP contribution in [0.25, 0.3) is 10.9 Å². The minimum absolute atomic E-state index is 0.610. The molecule has 2 heterocycles. The van der Waals surface area contributed by atoms with E-state index in [2.05, 4.69) is 61.7 Å². The Hall–Kier alpha value is -3.02. The highest BCUT2D eigenvalue weighted by Crippen LogP contribution is 2.15. The predicted octanol–water partition coefficient (Wildman–Crippen LogP) is 2.80. The summed E-state index contributed by atoms with van der Waals surface area (Å²) in [5.41, 5.74) is 2.27. The number of guanidine groups is 1. The molecule has 6 nitrogen and oxygen atoms in total. The molecule has 0 radical (unpaired) electrons. The molecule has 0 saturated heterocycles. The van der Waals surface area contributed by atoms with Crippen LogP contribution in [-0.4, -0.2) is 36.2 Å². The minimum Gasteiger partial charge on any atom is -0.481 e. The highest BCUT2D eigenvalue weighted by atomic mass is 16.5. The number of aliphatic imine (C=N–C) groups is 1. The lowest BCUT2D eigenvalue weighted by molar-refractivity contribution is 0.392. The fraction of sp³-hybridized carbons (Fsp3) is 0.300. The van der Waals surface area contributed by atoms with E-state index in [0.717, 1.165) is 31.0 Å². The second kappa shape index (κ2) is 8.89. The van der Waals surface area contributed by atoms with Crippen molar-refractivity contribution in [3.8, 4) is 5.88 Å². The number of fused-ring (bicyclic) bond motifs is 1. The van der Waals surface area contributed by atoms with Gasteiger partial charge in [0, 0.05) is 50.2 Å². The summed E-state index contributed by atoms with van der Waals surface area (Å²) in [5, 5.41) is 7.93. The average molecular weight is 351 g/mol. The molecule has 0 unspecified atom stereocenters. The summed E-state index contributed by atoms with van der Waals surface area (Å²) in [6, 6.07) is 14.5. The van der Waals surface area contributed by atoms with Gasteiger partial charge in [0.25, 0.3) is 0 Å². The number of para-hydroxylation sites is 1. The number of rotatable bonds is 7. The Morgan fingerprint density at radius 3 is 2.88 bits per heavy atom. The Morgan fingerprint density at radius 1 is 1.15 bits per heavy atom. The van der Waals surface area contributed by atoms with Crippen molar-refractivity contribution in [3.05, 3.63) is 60.4 Å². The van der Waals surface area contributed by atoms with E-state index in [1.165, 1.54) is 10.9 Å². The summed E-state index contributed by atoms with van der Waals surface area (Å²) in [7, 11) is 3.40. The van der Waals surface area contributed by atoms with Gasteiger partial charge in [-0.1, -0.05) is 24.3 Å². The molecule has 136 valence electrons. The van der Waals surface area contributed by atoms with Gasteiger partial charge in [0.05, 0.1) is 7.11 Å². The van der Waals surface area contributed by atoms with Gasteiger partial charge >= 0.3 is 0 Å². The number of nitrogens with one attached hydrogen (secondary N) is 2. The van der Waals surface area contributed by atoms with Gasteiger partial charge in [-0.05, 0) is 30.0 Å². The smallest absolute Gasteiger partial charge is 0.218 e. The van der Waals surface area contributed by atoms with E-state index in [4.69, 9.17) is 4.74 Å². The van der Waals surface area contributed by atoms with Crippen LogP contribution in [0.3, 0.4) is 0 Å². The van der Waals surface area contributed by atoms with Crippen LogP contribution in [0.1, 0.15) is 12.0 Å². The molecule has 3 aromatic rings. The molecule has 2 aromatic heterocycles. The zero-order valence-electron chi connectivity index (χ0n) is 15.3. The van der Waals surface area contributed by atoms with Crippen molar-refractivity contribution in [1.82, 2.24) is 20.2 Å². The largest absolute Gasteiger partial charge is 0.481 e. The molecule has 0 aliphatic heterocycles. The number of pyridine rings is 1. The topological polar surface area (TPSA) is 63.5 Å². The van der Waals surface area contributed by atoms with Crippen molar-refractivity contribution in [3.63, 3.8) is 0 Å². The maximum absolute atomic E-state index is 5.27. The van der Waals surface area contributed by atoms with Crippen LogP contribution in [0.4, 0.5) is 0 Å². The summed E-state index contributed by atoms with van der Waals surface area (Å²) in [4.78, 5) is 8.47. The Balaban J connectivity index is 1.46. The summed E-state index contributed by atoms with van der Waals surface area (Å²) in [6.07, 6.45) is 4.88. The first-order valence-corrected chi connectivity index (χ1v) is 8.78. The number of aromatic nitrogens is 2. The molecule has 0 aliphatic carbocycles. The van der Waals surface area contributed by atoms with Gasteiger partial charge in [0.1, 0.15) is 0 Å². The molecule has 0 bridgehead atoms. The minimum atomic E-state index is 0.610. The maximum atomic E-state index is 5.27. The summed E-state index contributed by atoms with van der Waals surface area (Å²) in [6.45, 7) is 2.42. The van der Waals surface area contributed by atoms with E-state index < -0.39 is 0 Å². The Bertz CT molecular complexity index is 871. The molecule has 0 fully saturated rings. The van der Waals surface area contributed by atoms with E-state index in [1.807, 2.05) is 12.1 Å². The molecule has 0 aliphatic rings. The van der Waals surface area contributed by atoms with Gasteiger partial charge in [-0.25, -0.2) is 4.98 Å². The Labute approximate surface area is 153 Å². The molecule has 6 heteroatoms. The summed E-state index contributed by atoms with van der Waals surface area (Å²) in [5.74, 6) is 1.41. The normalized spacial score (nSPS) is 11.5. The van der Waals surface area contributed by atoms with Gasteiger partial charge in [0.2, 0.25) is 5.88 Å². The molecule has 26 heavy (non-hydrogen) atoms. The average Bonchev–Trinajstić information content (AvgIpc) is 3.11. The monoisotopic (exact) mass is 351 g/mol. The van der Waals surface area contributed by atoms with Crippen LogP contribution in [0, 0.1) is 0 Å². The molecular formula is C20H25N5O. The predicted molar refractivity (Wildman–Crippen MR) is 106 cm³/mol. The SMILES string of the molecule is CN=C(NCCCn1ccc2ccccc21)NCc1cccnc1OC. The van der Waals surface area contributed by atoms with E-state index >= 15 is 0 Å². The van der Waals surface area contributed by atoms with Gasteiger partial charge in [0.15, 0.2) is 5.96 Å².